The molecular formula is C16H20BrN3O. The van der Waals surface area contributed by atoms with Crippen LogP contribution >= 0.6 is 15.9 Å². The van der Waals surface area contributed by atoms with E-state index in [1.54, 1.807) is 0 Å². The van der Waals surface area contributed by atoms with Gasteiger partial charge in [-0.3, -0.25) is 4.90 Å². The molecule has 0 saturated carbocycles. The summed E-state index contributed by atoms with van der Waals surface area (Å²) in [5, 5.41) is 10.6. The highest BCUT2D eigenvalue weighted by Gasteiger charge is 2.19. The van der Waals surface area contributed by atoms with Crippen molar-refractivity contribution in [1.29, 1.82) is 0 Å². The molecule has 1 N–H and O–H groups in total. The zero-order valence-corrected chi connectivity index (χ0v) is 13.8. The van der Waals surface area contributed by atoms with Crippen LogP contribution in [-0.2, 0) is 0 Å². The average Bonchev–Trinajstić information content (AvgIpc) is 2.47. The third kappa shape index (κ3) is 3.54. The van der Waals surface area contributed by atoms with E-state index >= 15 is 0 Å². The van der Waals surface area contributed by atoms with E-state index in [0.29, 0.717) is 0 Å². The summed E-state index contributed by atoms with van der Waals surface area (Å²) in [5.41, 5.74) is 1.03. The van der Waals surface area contributed by atoms with Gasteiger partial charge in [0.05, 0.1) is 11.6 Å². The molecule has 3 rings (SSSR count). The largest absolute Gasteiger partial charge is 0.392 e. The van der Waals surface area contributed by atoms with Gasteiger partial charge in [0.15, 0.2) is 0 Å². The number of piperazine rings is 1. The molecule has 1 aliphatic rings. The molecule has 1 aromatic carbocycles. The summed E-state index contributed by atoms with van der Waals surface area (Å²) in [6, 6.07) is 10.4. The molecular weight excluding hydrogens is 330 g/mol. The number of aromatic nitrogens is 1. The molecule has 1 fully saturated rings. The number of pyridine rings is 1. The molecule has 1 aromatic heterocycles. The summed E-state index contributed by atoms with van der Waals surface area (Å²) in [6.07, 6.45) is -0.256. The van der Waals surface area contributed by atoms with Crippen LogP contribution < -0.4 is 4.90 Å². The van der Waals surface area contributed by atoms with Gasteiger partial charge in [-0.05, 0) is 37.3 Å². The number of aliphatic hydroxyl groups excluding tert-OH is 1. The second-order valence-corrected chi connectivity index (χ2v) is 6.56. The van der Waals surface area contributed by atoms with Crippen molar-refractivity contribution in [2.45, 2.75) is 13.0 Å². The first-order valence-electron chi connectivity index (χ1n) is 7.33. The standard InChI is InChI=1S/C16H20BrN3O/c1-12(21)11-19-6-8-20(9-7-19)16-5-2-13-10-14(17)3-4-15(13)18-16/h2-5,10,12,21H,6-9,11H2,1H3/t12-/m1/s1. The van der Waals surface area contributed by atoms with Crippen LogP contribution in [0.3, 0.4) is 0 Å². The second kappa shape index (κ2) is 6.30. The first-order chi connectivity index (χ1) is 10.1. The zero-order valence-electron chi connectivity index (χ0n) is 12.2. The predicted octanol–water partition coefficient (Wildman–Crippen LogP) is 2.50. The second-order valence-electron chi connectivity index (χ2n) is 5.64. The van der Waals surface area contributed by atoms with Gasteiger partial charge >= 0.3 is 0 Å². The summed E-state index contributed by atoms with van der Waals surface area (Å²) in [4.78, 5) is 9.39. The number of hydrogen-bond acceptors (Lipinski definition) is 4. The van der Waals surface area contributed by atoms with E-state index in [-0.39, 0.29) is 6.10 Å². The molecule has 112 valence electrons. The Morgan fingerprint density at radius 1 is 1.19 bits per heavy atom. The van der Waals surface area contributed by atoms with Crippen LogP contribution in [0.1, 0.15) is 6.92 Å². The third-order valence-electron chi connectivity index (χ3n) is 3.86. The minimum Gasteiger partial charge on any atom is -0.392 e. The molecule has 2 heterocycles. The van der Waals surface area contributed by atoms with Crippen LogP contribution in [0.15, 0.2) is 34.8 Å². The molecule has 1 aliphatic heterocycles. The van der Waals surface area contributed by atoms with Gasteiger partial charge in [-0.2, -0.15) is 0 Å². The molecule has 1 saturated heterocycles. The fraction of sp³-hybridized carbons (Fsp3) is 0.438. The maximum atomic E-state index is 9.46. The molecule has 2 aromatic rings. The fourth-order valence-electron chi connectivity index (χ4n) is 2.80. The SMILES string of the molecule is C[C@@H](O)CN1CCN(c2ccc3cc(Br)ccc3n2)CC1. The van der Waals surface area contributed by atoms with E-state index in [1.807, 2.05) is 19.1 Å². The minimum atomic E-state index is -0.256. The maximum Gasteiger partial charge on any atom is 0.129 e. The molecule has 0 spiro atoms. The predicted molar refractivity (Wildman–Crippen MR) is 89.8 cm³/mol. The highest BCUT2D eigenvalue weighted by Crippen LogP contribution is 2.22. The molecule has 21 heavy (non-hydrogen) atoms. The normalized spacial score (nSPS) is 18.1. The summed E-state index contributed by atoms with van der Waals surface area (Å²) in [7, 11) is 0. The van der Waals surface area contributed by atoms with Gasteiger partial charge in [0, 0.05) is 42.6 Å². The Morgan fingerprint density at radius 3 is 2.67 bits per heavy atom. The molecule has 1 atom stereocenters. The number of aliphatic hydroxyl groups is 1. The molecule has 0 unspecified atom stereocenters. The molecule has 5 heteroatoms. The van der Waals surface area contributed by atoms with Gasteiger partial charge in [-0.1, -0.05) is 15.9 Å². The lowest BCUT2D eigenvalue weighted by Crippen LogP contribution is -2.48. The number of fused-ring (bicyclic) bond motifs is 1. The quantitative estimate of drug-likeness (QED) is 0.923. The Morgan fingerprint density at radius 2 is 1.95 bits per heavy atom. The van der Waals surface area contributed by atoms with Crippen molar-refractivity contribution >= 4 is 32.7 Å². The van der Waals surface area contributed by atoms with Crippen molar-refractivity contribution in [3.05, 3.63) is 34.8 Å². The van der Waals surface area contributed by atoms with Crippen molar-refractivity contribution in [2.24, 2.45) is 0 Å². The van der Waals surface area contributed by atoms with Crippen molar-refractivity contribution in [1.82, 2.24) is 9.88 Å². The van der Waals surface area contributed by atoms with Crippen LogP contribution in [0.25, 0.3) is 10.9 Å². The monoisotopic (exact) mass is 349 g/mol. The van der Waals surface area contributed by atoms with Crippen molar-refractivity contribution in [2.75, 3.05) is 37.6 Å². The lowest BCUT2D eigenvalue weighted by molar-refractivity contribution is 0.122. The average molecular weight is 350 g/mol. The van der Waals surface area contributed by atoms with Crippen LogP contribution in [0.4, 0.5) is 5.82 Å². The van der Waals surface area contributed by atoms with E-state index < -0.39 is 0 Å². The third-order valence-corrected chi connectivity index (χ3v) is 4.35. The first-order valence-corrected chi connectivity index (χ1v) is 8.13. The zero-order chi connectivity index (χ0) is 14.8. The van der Waals surface area contributed by atoms with Crippen molar-refractivity contribution in [3.8, 4) is 0 Å². The Hall–Kier alpha value is -1.17. The fourth-order valence-corrected chi connectivity index (χ4v) is 3.17. The lowest BCUT2D eigenvalue weighted by Gasteiger charge is -2.36. The minimum absolute atomic E-state index is 0.256. The summed E-state index contributed by atoms with van der Waals surface area (Å²) in [6.45, 7) is 6.47. The van der Waals surface area contributed by atoms with Gasteiger partial charge in [0.1, 0.15) is 5.82 Å². The Kier molecular flexibility index (Phi) is 4.42. The Bertz CT molecular complexity index is 624. The number of anilines is 1. The molecule has 0 bridgehead atoms. The number of hydrogen-bond donors (Lipinski definition) is 1. The lowest BCUT2D eigenvalue weighted by atomic mass is 10.2. The number of β-amino-alcohol motifs (C(OH)–C–C–N with tert-alkyl or cyclic N) is 1. The van der Waals surface area contributed by atoms with Crippen molar-refractivity contribution in [3.63, 3.8) is 0 Å². The Balaban J connectivity index is 1.72. The van der Waals surface area contributed by atoms with Gasteiger partial charge in [-0.15, -0.1) is 0 Å². The van der Waals surface area contributed by atoms with Crippen LogP contribution in [-0.4, -0.2) is 53.8 Å². The van der Waals surface area contributed by atoms with E-state index in [0.717, 1.165) is 53.9 Å². The number of rotatable bonds is 3. The number of halogens is 1. The van der Waals surface area contributed by atoms with Crippen LogP contribution in [0.2, 0.25) is 0 Å². The Labute approximate surface area is 133 Å². The highest BCUT2D eigenvalue weighted by atomic mass is 79.9. The number of nitrogens with zero attached hydrogens (tertiary/aromatic N) is 3. The molecule has 0 radical (unpaired) electrons. The van der Waals surface area contributed by atoms with E-state index in [1.165, 1.54) is 0 Å². The van der Waals surface area contributed by atoms with E-state index in [4.69, 9.17) is 4.98 Å². The van der Waals surface area contributed by atoms with E-state index in [9.17, 15) is 5.11 Å². The molecule has 0 aliphatic carbocycles. The summed E-state index contributed by atoms with van der Waals surface area (Å²) < 4.78 is 1.08. The molecule has 4 nitrogen and oxygen atoms in total. The van der Waals surface area contributed by atoms with Gasteiger partial charge in [0.25, 0.3) is 0 Å². The topological polar surface area (TPSA) is 39.6 Å². The first kappa shape index (κ1) is 14.8. The summed E-state index contributed by atoms with van der Waals surface area (Å²) in [5.74, 6) is 1.04. The van der Waals surface area contributed by atoms with Crippen LogP contribution in [0.5, 0.6) is 0 Å². The van der Waals surface area contributed by atoms with Crippen LogP contribution in [0, 0.1) is 0 Å². The number of benzene rings is 1. The smallest absolute Gasteiger partial charge is 0.129 e. The van der Waals surface area contributed by atoms with Gasteiger partial charge in [0.2, 0.25) is 0 Å². The van der Waals surface area contributed by atoms with E-state index in [2.05, 4.69) is 43.9 Å². The van der Waals surface area contributed by atoms with Crippen molar-refractivity contribution < 1.29 is 5.11 Å². The van der Waals surface area contributed by atoms with Gasteiger partial charge in [-0.25, -0.2) is 4.98 Å². The highest BCUT2D eigenvalue weighted by molar-refractivity contribution is 9.10. The van der Waals surface area contributed by atoms with Gasteiger partial charge < -0.3 is 10.0 Å². The molecule has 0 amide bonds. The maximum absolute atomic E-state index is 9.46. The summed E-state index contributed by atoms with van der Waals surface area (Å²) >= 11 is 3.49.